The number of carbonyl (C=O) groups is 1. The number of hydrogen-bond donors (Lipinski definition) is 0. The first kappa shape index (κ1) is 16.1. The maximum atomic E-state index is 12.6. The predicted molar refractivity (Wildman–Crippen MR) is 91.0 cm³/mol. The van der Waals surface area contributed by atoms with Crippen LogP contribution in [0.4, 0.5) is 0 Å². The number of aromatic nitrogens is 2. The SMILES string of the molecule is Cc1ccc(S(=O)(=O)Cc2nn(-c3ccccc3)cc2C=O)cc1. The van der Waals surface area contributed by atoms with E-state index >= 15 is 0 Å². The monoisotopic (exact) mass is 340 g/mol. The highest BCUT2D eigenvalue weighted by Crippen LogP contribution is 2.19. The van der Waals surface area contributed by atoms with Crippen molar-refractivity contribution in [2.75, 3.05) is 0 Å². The van der Waals surface area contributed by atoms with Crippen molar-refractivity contribution in [1.82, 2.24) is 9.78 Å². The van der Waals surface area contributed by atoms with E-state index in [1.54, 1.807) is 30.5 Å². The summed E-state index contributed by atoms with van der Waals surface area (Å²) in [5, 5.41) is 4.29. The summed E-state index contributed by atoms with van der Waals surface area (Å²) in [6.07, 6.45) is 2.18. The average molecular weight is 340 g/mol. The molecule has 122 valence electrons. The van der Waals surface area contributed by atoms with Crippen molar-refractivity contribution in [2.45, 2.75) is 17.6 Å². The van der Waals surface area contributed by atoms with Crippen molar-refractivity contribution >= 4 is 16.1 Å². The summed E-state index contributed by atoms with van der Waals surface area (Å²) in [5.74, 6) is -0.316. The van der Waals surface area contributed by atoms with Gasteiger partial charge in [-0.3, -0.25) is 4.79 Å². The lowest BCUT2D eigenvalue weighted by molar-refractivity contribution is 0.112. The Bertz CT molecular complexity index is 959. The molecule has 0 aliphatic rings. The van der Waals surface area contributed by atoms with E-state index in [0.717, 1.165) is 11.3 Å². The normalized spacial score (nSPS) is 11.4. The van der Waals surface area contributed by atoms with Gasteiger partial charge in [-0.25, -0.2) is 13.1 Å². The zero-order valence-electron chi connectivity index (χ0n) is 13.1. The van der Waals surface area contributed by atoms with E-state index in [4.69, 9.17) is 0 Å². The van der Waals surface area contributed by atoms with Gasteiger partial charge >= 0.3 is 0 Å². The quantitative estimate of drug-likeness (QED) is 0.670. The van der Waals surface area contributed by atoms with Crippen LogP contribution in [-0.4, -0.2) is 24.5 Å². The molecule has 0 unspecified atom stereocenters. The van der Waals surface area contributed by atoms with Gasteiger partial charge < -0.3 is 0 Å². The van der Waals surface area contributed by atoms with Crippen LogP contribution in [-0.2, 0) is 15.6 Å². The molecule has 1 aromatic heterocycles. The second-order valence-electron chi connectivity index (χ2n) is 5.50. The van der Waals surface area contributed by atoms with Gasteiger partial charge in [0.05, 0.1) is 27.6 Å². The molecule has 0 radical (unpaired) electrons. The lowest BCUT2D eigenvalue weighted by atomic mass is 10.2. The van der Waals surface area contributed by atoms with Crippen LogP contribution < -0.4 is 0 Å². The van der Waals surface area contributed by atoms with Crippen molar-refractivity contribution in [3.8, 4) is 5.69 Å². The molecule has 3 aromatic rings. The number of aldehydes is 1. The molecule has 3 rings (SSSR count). The van der Waals surface area contributed by atoms with Gasteiger partial charge in [0.15, 0.2) is 16.1 Å². The number of hydrogen-bond acceptors (Lipinski definition) is 4. The molecule has 0 atom stereocenters. The zero-order chi connectivity index (χ0) is 17.2. The van der Waals surface area contributed by atoms with E-state index < -0.39 is 9.84 Å². The van der Waals surface area contributed by atoms with Crippen LogP contribution in [0.2, 0.25) is 0 Å². The fourth-order valence-electron chi connectivity index (χ4n) is 2.36. The molecule has 5 nitrogen and oxygen atoms in total. The molecule has 2 aromatic carbocycles. The van der Waals surface area contributed by atoms with E-state index in [0.29, 0.717) is 6.29 Å². The van der Waals surface area contributed by atoms with Crippen molar-refractivity contribution < 1.29 is 13.2 Å². The van der Waals surface area contributed by atoms with Crippen LogP contribution in [0.1, 0.15) is 21.6 Å². The summed E-state index contributed by atoms with van der Waals surface area (Å²) < 4.78 is 26.6. The molecule has 0 bridgehead atoms. The van der Waals surface area contributed by atoms with Gasteiger partial charge in [0.25, 0.3) is 0 Å². The Morgan fingerprint density at radius 2 is 1.71 bits per heavy atom. The molecule has 0 saturated heterocycles. The molecule has 0 fully saturated rings. The van der Waals surface area contributed by atoms with E-state index in [1.165, 1.54) is 4.68 Å². The summed E-state index contributed by atoms with van der Waals surface area (Å²) in [6, 6.07) is 15.9. The van der Waals surface area contributed by atoms with Gasteiger partial charge in [0, 0.05) is 6.20 Å². The Kier molecular flexibility index (Phi) is 4.31. The molecule has 0 saturated carbocycles. The van der Waals surface area contributed by atoms with Crippen LogP contribution in [0, 0.1) is 6.92 Å². The summed E-state index contributed by atoms with van der Waals surface area (Å²) in [7, 11) is -3.57. The minimum Gasteiger partial charge on any atom is -0.298 e. The van der Waals surface area contributed by atoms with Gasteiger partial charge in [-0.15, -0.1) is 0 Å². The predicted octanol–water partition coefficient (Wildman–Crippen LogP) is 2.97. The first-order chi connectivity index (χ1) is 11.5. The Balaban J connectivity index is 1.96. The van der Waals surface area contributed by atoms with E-state index in [1.807, 2.05) is 37.3 Å². The third-order valence-corrected chi connectivity index (χ3v) is 5.32. The number of nitrogens with zero attached hydrogens (tertiary/aromatic N) is 2. The fourth-order valence-corrected chi connectivity index (χ4v) is 3.66. The second kappa shape index (κ2) is 6.41. The Morgan fingerprint density at radius 1 is 1.04 bits per heavy atom. The number of benzene rings is 2. The van der Waals surface area contributed by atoms with Crippen LogP contribution in [0.5, 0.6) is 0 Å². The van der Waals surface area contributed by atoms with Gasteiger partial charge in [-0.2, -0.15) is 5.10 Å². The highest BCUT2D eigenvalue weighted by Gasteiger charge is 2.20. The highest BCUT2D eigenvalue weighted by molar-refractivity contribution is 7.90. The number of rotatable bonds is 5. The summed E-state index contributed by atoms with van der Waals surface area (Å²) in [4.78, 5) is 11.5. The lowest BCUT2D eigenvalue weighted by Gasteiger charge is -2.04. The zero-order valence-corrected chi connectivity index (χ0v) is 13.9. The number of carbonyl (C=O) groups excluding carboxylic acids is 1. The molecule has 0 amide bonds. The first-order valence-electron chi connectivity index (χ1n) is 7.38. The van der Waals surface area contributed by atoms with Crippen LogP contribution in [0.3, 0.4) is 0 Å². The van der Waals surface area contributed by atoms with Crippen molar-refractivity contribution in [2.24, 2.45) is 0 Å². The van der Waals surface area contributed by atoms with Crippen LogP contribution in [0.15, 0.2) is 65.7 Å². The first-order valence-corrected chi connectivity index (χ1v) is 9.03. The van der Waals surface area contributed by atoms with E-state index in [2.05, 4.69) is 5.10 Å². The third kappa shape index (κ3) is 3.28. The minimum absolute atomic E-state index is 0.221. The van der Waals surface area contributed by atoms with Crippen LogP contribution in [0.25, 0.3) is 5.69 Å². The molecule has 0 aliphatic heterocycles. The van der Waals surface area contributed by atoms with Crippen LogP contribution >= 0.6 is 0 Å². The topological polar surface area (TPSA) is 69.0 Å². The summed E-state index contributed by atoms with van der Waals surface area (Å²) in [6.45, 7) is 1.89. The number of sulfone groups is 1. The fraction of sp³-hybridized carbons (Fsp3) is 0.111. The molecule has 6 heteroatoms. The minimum atomic E-state index is -3.57. The van der Waals surface area contributed by atoms with Gasteiger partial charge in [0.1, 0.15) is 0 Å². The molecule has 0 spiro atoms. The second-order valence-corrected chi connectivity index (χ2v) is 7.49. The van der Waals surface area contributed by atoms with Gasteiger partial charge in [-0.05, 0) is 31.2 Å². The Hall–Kier alpha value is -2.73. The van der Waals surface area contributed by atoms with E-state index in [9.17, 15) is 13.2 Å². The molecular formula is C18H16N2O3S. The lowest BCUT2D eigenvalue weighted by Crippen LogP contribution is -2.07. The van der Waals surface area contributed by atoms with Crippen molar-refractivity contribution in [3.05, 3.63) is 77.6 Å². The molecule has 0 aliphatic carbocycles. The van der Waals surface area contributed by atoms with E-state index in [-0.39, 0.29) is 21.9 Å². The van der Waals surface area contributed by atoms with Crippen molar-refractivity contribution in [3.63, 3.8) is 0 Å². The molecule has 24 heavy (non-hydrogen) atoms. The molecular weight excluding hydrogens is 324 g/mol. The maximum Gasteiger partial charge on any atom is 0.184 e. The molecule has 1 heterocycles. The standard InChI is InChI=1S/C18H16N2O3S/c1-14-7-9-17(10-8-14)24(22,23)13-18-15(12-21)11-20(19-18)16-5-3-2-4-6-16/h2-12H,13H2,1H3. The summed E-state index contributed by atoms with van der Waals surface area (Å²) in [5.41, 5.74) is 2.26. The van der Waals surface area contributed by atoms with Gasteiger partial charge in [0.2, 0.25) is 0 Å². The van der Waals surface area contributed by atoms with Crippen molar-refractivity contribution in [1.29, 1.82) is 0 Å². The number of para-hydroxylation sites is 1. The highest BCUT2D eigenvalue weighted by atomic mass is 32.2. The third-order valence-electron chi connectivity index (χ3n) is 3.68. The Labute approximate surface area is 140 Å². The smallest absolute Gasteiger partial charge is 0.184 e. The maximum absolute atomic E-state index is 12.6. The molecule has 0 N–H and O–H groups in total. The summed E-state index contributed by atoms with van der Waals surface area (Å²) >= 11 is 0. The largest absolute Gasteiger partial charge is 0.298 e. The number of aryl methyl sites for hydroxylation is 1. The average Bonchev–Trinajstić information content (AvgIpc) is 2.98. The Morgan fingerprint density at radius 3 is 2.33 bits per heavy atom. The van der Waals surface area contributed by atoms with Gasteiger partial charge in [-0.1, -0.05) is 35.9 Å².